The molecule has 0 radical (unpaired) electrons. The standard InChI is InChI=1S/C26H24N4O5S/c1-4-10-34-22-7-5-17(16(2)31)12-20(22)25-27-28-26-30(25)29-21(15-36-26)18-6-8-23(32-3)24(13-18)35-19-9-11-33-14-19/h1,5-8,12-13,19H,9-11,14-15H2,2-3H3/t19-/m1/s1. The van der Waals surface area contributed by atoms with Crippen LogP contribution >= 0.6 is 11.8 Å². The van der Waals surface area contributed by atoms with Gasteiger partial charge in [-0.05, 0) is 43.3 Å². The molecule has 0 bridgehead atoms. The molecule has 2 aliphatic rings. The SMILES string of the molecule is C#CCOc1ccc(C(C)=O)cc1-c1nnc2n1N=C(c1ccc(OC)c(O[C@@H]3CCOC3)c1)CS2. The fourth-order valence-electron chi connectivity index (χ4n) is 3.94. The Bertz CT molecular complexity index is 1370. The van der Waals surface area contributed by atoms with Gasteiger partial charge in [0.25, 0.3) is 0 Å². The molecule has 0 amide bonds. The summed E-state index contributed by atoms with van der Waals surface area (Å²) in [6.45, 7) is 2.83. The van der Waals surface area contributed by atoms with Gasteiger partial charge in [-0.2, -0.15) is 9.78 Å². The third-order valence-corrected chi connectivity index (χ3v) is 6.72. The van der Waals surface area contributed by atoms with E-state index >= 15 is 0 Å². The summed E-state index contributed by atoms with van der Waals surface area (Å²) in [5.41, 5.74) is 2.82. The topological polar surface area (TPSA) is 97.1 Å². The second kappa shape index (κ2) is 10.4. The molecule has 0 spiro atoms. The van der Waals surface area contributed by atoms with Gasteiger partial charge in [0, 0.05) is 23.3 Å². The van der Waals surface area contributed by atoms with E-state index in [-0.39, 0.29) is 18.5 Å². The maximum atomic E-state index is 12.0. The monoisotopic (exact) mass is 504 g/mol. The van der Waals surface area contributed by atoms with Crippen molar-refractivity contribution in [2.45, 2.75) is 24.6 Å². The summed E-state index contributed by atoms with van der Waals surface area (Å²) in [4.78, 5) is 12.0. The zero-order valence-corrected chi connectivity index (χ0v) is 20.7. The maximum absolute atomic E-state index is 12.0. The molecule has 3 heterocycles. The molecule has 2 aliphatic heterocycles. The van der Waals surface area contributed by atoms with Gasteiger partial charge in [-0.1, -0.05) is 17.7 Å². The lowest BCUT2D eigenvalue weighted by atomic mass is 10.1. The summed E-state index contributed by atoms with van der Waals surface area (Å²) in [5.74, 6) is 5.24. The van der Waals surface area contributed by atoms with Crippen molar-refractivity contribution in [3.63, 3.8) is 0 Å². The maximum Gasteiger partial charge on any atom is 0.212 e. The van der Waals surface area contributed by atoms with Crippen LogP contribution < -0.4 is 14.2 Å². The smallest absolute Gasteiger partial charge is 0.212 e. The molecule has 0 saturated carbocycles. The highest BCUT2D eigenvalue weighted by Gasteiger charge is 2.25. The summed E-state index contributed by atoms with van der Waals surface area (Å²) < 4.78 is 24.5. The Labute approximate surface area is 212 Å². The van der Waals surface area contributed by atoms with E-state index in [1.165, 1.54) is 18.7 Å². The van der Waals surface area contributed by atoms with E-state index in [4.69, 9.17) is 30.5 Å². The Hall–Kier alpha value is -3.81. The van der Waals surface area contributed by atoms with Gasteiger partial charge in [-0.25, -0.2) is 0 Å². The third-order valence-electron chi connectivity index (χ3n) is 5.79. The number of ketones is 1. The summed E-state index contributed by atoms with van der Waals surface area (Å²) in [5, 5.41) is 14.2. The van der Waals surface area contributed by atoms with Crippen LogP contribution in [0.15, 0.2) is 46.7 Å². The predicted molar refractivity (Wildman–Crippen MR) is 135 cm³/mol. The number of carbonyl (C=O) groups excluding carboxylic acids is 1. The Balaban J connectivity index is 1.53. The Morgan fingerprint density at radius 2 is 2.08 bits per heavy atom. The first-order chi connectivity index (χ1) is 17.6. The van der Waals surface area contributed by atoms with Gasteiger partial charge in [-0.3, -0.25) is 4.79 Å². The Morgan fingerprint density at radius 3 is 2.83 bits per heavy atom. The lowest BCUT2D eigenvalue weighted by molar-refractivity contribution is 0.101. The fraction of sp³-hybridized carbons (Fsp3) is 0.308. The van der Waals surface area contributed by atoms with Crippen molar-refractivity contribution < 1.29 is 23.7 Å². The summed E-state index contributed by atoms with van der Waals surface area (Å²) in [7, 11) is 1.62. The number of Topliss-reactive ketones (excluding diaryl/α,β-unsaturated/α-hetero) is 1. The van der Waals surface area contributed by atoms with Crippen LogP contribution in [0, 0.1) is 12.3 Å². The number of hydrogen-bond acceptors (Lipinski definition) is 9. The molecular weight excluding hydrogens is 480 g/mol. The van der Waals surface area contributed by atoms with E-state index in [0.717, 1.165) is 17.7 Å². The number of terminal acetylenes is 1. The van der Waals surface area contributed by atoms with Crippen molar-refractivity contribution in [3.05, 3.63) is 47.5 Å². The Kier molecular flexibility index (Phi) is 6.93. The van der Waals surface area contributed by atoms with Gasteiger partial charge in [0.15, 0.2) is 23.1 Å². The van der Waals surface area contributed by atoms with Crippen molar-refractivity contribution >= 4 is 23.3 Å². The van der Waals surface area contributed by atoms with Crippen LogP contribution in [0.4, 0.5) is 0 Å². The number of rotatable bonds is 8. The van der Waals surface area contributed by atoms with E-state index in [1.807, 2.05) is 18.2 Å². The van der Waals surface area contributed by atoms with Crippen LogP contribution in [0.2, 0.25) is 0 Å². The van der Waals surface area contributed by atoms with E-state index in [2.05, 4.69) is 16.1 Å². The molecular formula is C26H24N4O5S. The largest absolute Gasteiger partial charge is 0.493 e. The number of carbonyl (C=O) groups is 1. The minimum absolute atomic E-state index is 0.0112. The minimum atomic E-state index is -0.0740. The predicted octanol–water partition coefficient (Wildman–Crippen LogP) is 3.69. The first kappa shape index (κ1) is 23.9. The number of methoxy groups -OCH3 is 1. The normalized spacial score (nSPS) is 16.6. The number of thioether (sulfide) groups is 1. The van der Waals surface area contributed by atoms with Gasteiger partial charge >= 0.3 is 0 Å². The molecule has 10 heteroatoms. The van der Waals surface area contributed by atoms with Crippen LogP contribution in [0.1, 0.15) is 29.3 Å². The highest BCUT2D eigenvalue weighted by molar-refractivity contribution is 7.99. The molecule has 0 aliphatic carbocycles. The number of hydrogen-bond donors (Lipinski definition) is 0. The lowest BCUT2D eigenvalue weighted by Gasteiger charge is -2.18. The van der Waals surface area contributed by atoms with Gasteiger partial charge in [0.2, 0.25) is 5.16 Å². The average Bonchev–Trinajstić information content (AvgIpc) is 3.57. The number of nitrogens with zero attached hydrogens (tertiary/aromatic N) is 4. The van der Waals surface area contributed by atoms with E-state index < -0.39 is 0 Å². The second-order valence-corrected chi connectivity index (χ2v) is 9.12. The van der Waals surface area contributed by atoms with Crippen molar-refractivity contribution in [3.8, 4) is 41.0 Å². The molecule has 1 aromatic heterocycles. The number of aromatic nitrogens is 3. The molecule has 2 aromatic carbocycles. The molecule has 0 unspecified atom stereocenters. The zero-order chi connectivity index (χ0) is 25.1. The highest BCUT2D eigenvalue weighted by Crippen LogP contribution is 2.36. The minimum Gasteiger partial charge on any atom is -0.493 e. The van der Waals surface area contributed by atoms with Crippen molar-refractivity contribution in [1.29, 1.82) is 0 Å². The fourth-order valence-corrected chi connectivity index (χ4v) is 4.78. The number of ether oxygens (including phenoxy) is 4. The van der Waals surface area contributed by atoms with Crippen LogP contribution in [0.5, 0.6) is 17.2 Å². The zero-order valence-electron chi connectivity index (χ0n) is 19.9. The first-order valence-electron chi connectivity index (χ1n) is 11.4. The van der Waals surface area contributed by atoms with Crippen molar-refractivity contribution in [1.82, 2.24) is 14.9 Å². The van der Waals surface area contributed by atoms with Gasteiger partial charge in [0.1, 0.15) is 18.5 Å². The van der Waals surface area contributed by atoms with Gasteiger partial charge in [0.05, 0.1) is 31.6 Å². The molecule has 0 N–H and O–H groups in total. The number of fused-ring (bicyclic) bond motifs is 1. The highest BCUT2D eigenvalue weighted by atomic mass is 32.2. The molecule has 1 fully saturated rings. The molecule has 3 aromatic rings. The van der Waals surface area contributed by atoms with E-state index in [9.17, 15) is 4.79 Å². The van der Waals surface area contributed by atoms with Crippen LogP contribution in [0.25, 0.3) is 11.4 Å². The Morgan fingerprint density at radius 1 is 1.22 bits per heavy atom. The number of benzene rings is 2. The molecule has 1 atom stereocenters. The molecule has 5 rings (SSSR count). The summed E-state index contributed by atoms with van der Waals surface area (Å²) in [6, 6.07) is 10.9. The summed E-state index contributed by atoms with van der Waals surface area (Å²) in [6.07, 6.45) is 6.21. The lowest BCUT2D eigenvalue weighted by Crippen LogP contribution is -2.17. The van der Waals surface area contributed by atoms with E-state index in [0.29, 0.717) is 58.3 Å². The third kappa shape index (κ3) is 4.80. The summed E-state index contributed by atoms with van der Waals surface area (Å²) >= 11 is 1.52. The molecule has 9 nitrogen and oxygen atoms in total. The van der Waals surface area contributed by atoms with Crippen LogP contribution in [0.3, 0.4) is 0 Å². The second-order valence-electron chi connectivity index (χ2n) is 8.18. The molecule has 1 saturated heterocycles. The molecule has 184 valence electrons. The van der Waals surface area contributed by atoms with Crippen molar-refractivity contribution in [2.24, 2.45) is 5.10 Å². The molecule has 36 heavy (non-hydrogen) atoms. The van der Waals surface area contributed by atoms with Gasteiger partial charge in [-0.15, -0.1) is 16.6 Å². The van der Waals surface area contributed by atoms with Crippen molar-refractivity contribution in [2.75, 3.05) is 32.7 Å². The first-order valence-corrected chi connectivity index (χ1v) is 12.4. The van der Waals surface area contributed by atoms with Crippen LogP contribution in [-0.4, -0.2) is 65.2 Å². The van der Waals surface area contributed by atoms with Gasteiger partial charge < -0.3 is 18.9 Å². The quantitative estimate of drug-likeness (QED) is 0.339. The average molecular weight is 505 g/mol. The van der Waals surface area contributed by atoms with Crippen LogP contribution in [-0.2, 0) is 4.74 Å². The van der Waals surface area contributed by atoms with E-state index in [1.54, 1.807) is 30.0 Å².